The van der Waals surface area contributed by atoms with E-state index < -0.39 is 0 Å². The molecule has 0 spiro atoms. The van der Waals surface area contributed by atoms with Crippen LogP contribution in [0, 0.1) is 0 Å². The summed E-state index contributed by atoms with van der Waals surface area (Å²) in [5, 5.41) is 11.4. The molecule has 0 aromatic carbocycles. The number of hydrogen-bond donors (Lipinski definition) is 1. The molecule has 1 unspecified atom stereocenters. The zero-order valence-corrected chi connectivity index (χ0v) is 10.9. The third kappa shape index (κ3) is 2.92. The normalized spacial score (nSPS) is 12.6. The van der Waals surface area contributed by atoms with Crippen molar-refractivity contribution in [1.29, 1.82) is 0 Å². The van der Waals surface area contributed by atoms with Crippen LogP contribution in [-0.2, 0) is 13.0 Å². The van der Waals surface area contributed by atoms with Crippen molar-refractivity contribution in [3.05, 3.63) is 42.0 Å². The minimum Gasteiger partial charge on any atom is -0.312 e. The van der Waals surface area contributed by atoms with Crippen LogP contribution < -0.4 is 5.32 Å². The van der Waals surface area contributed by atoms with Gasteiger partial charge in [-0.3, -0.25) is 4.98 Å². The van der Waals surface area contributed by atoms with Gasteiger partial charge in [0.1, 0.15) is 0 Å². The Morgan fingerprint density at radius 3 is 2.78 bits per heavy atom. The van der Waals surface area contributed by atoms with Gasteiger partial charge in [-0.2, -0.15) is 0 Å². The number of nitrogens with zero attached hydrogens (tertiary/aromatic N) is 4. The summed E-state index contributed by atoms with van der Waals surface area (Å²) in [5.41, 5.74) is 2.45. The molecule has 2 aromatic rings. The van der Waals surface area contributed by atoms with E-state index in [9.17, 15) is 0 Å². The van der Waals surface area contributed by atoms with Crippen LogP contribution in [-0.4, -0.2) is 27.0 Å². The Bertz CT molecular complexity index is 465. The second-order valence-corrected chi connectivity index (χ2v) is 4.21. The van der Waals surface area contributed by atoms with Gasteiger partial charge in [0, 0.05) is 18.9 Å². The van der Waals surface area contributed by atoms with E-state index in [2.05, 4.69) is 39.7 Å². The molecule has 5 nitrogen and oxygen atoms in total. The lowest BCUT2D eigenvalue weighted by Crippen LogP contribution is -2.21. The molecule has 0 fully saturated rings. The SMILES string of the molecule is CCn1nncc1C(CCc1ccncc1)NC. The van der Waals surface area contributed by atoms with Crippen molar-refractivity contribution in [3.63, 3.8) is 0 Å². The average molecular weight is 245 g/mol. The largest absolute Gasteiger partial charge is 0.312 e. The Hall–Kier alpha value is -1.75. The van der Waals surface area contributed by atoms with E-state index >= 15 is 0 Å². The van der Waals surface area contributed by atoms with E-state index in [1.807, 2.05) is 30.3 Å². The fraction of sp³-hybridized carbons (Fsp3) is 0.462. The summed E-state index contributed by atoms with van der Waals surface area (Å²) in [5.74, 6) is 0. The van der Waals surface area contributed by atoms with Gasteiger partial charge in [0.05, 0.1) is 17.9 Å². The van der Waals surface area contributed by atoms with Gasteiger partial charge >= 0.3 is 0 Å². The van der Waals surface area contributed by atoms with Crippen LogP contribution in [0.5, 0.6) is 0 Å². The molecule has 0 amide bonds. The molecule has 5 heteroatoms. The standard InChI is InChI=1S/C13H19N5/c1-3-18-13(10-16-17-18)12(14-2)5-4-11-6-8-15-9-7-11/h6-10,12,14H,3-5H2,1-2H3. The Morgan fingerprint density at radius 2 is 2.11 bits per heavy atom. The second-order valence-electron chi connectivity index (χ2n) is 4.21. The van der Waals surface area contributed by atoms with E-state index in [1.54, 1.807) is 0 Å². The quantitative estimate of drug-likeness (QED) is 0.839. The first kappa shape index (κ1) is 12.7. The molecule has 18 heavy (non-hydrogen) atoms. The maximum absolute atomic E-state index is 4.08. The molecule has 96 valence electrons. The number of aromatic nitrogens is 4. The molecule has 0 bridgehead atoms. The molecular formula is C13H19N5. The summed E-state index contributed by atoms with van der Waals surface area (Å²) in [7, 11) is 1.98. The van der Waals surface area contributed by atoms with Gasteiger partial charge in [0.25, 0.3) is 0 Å². The van der Waals surface area contributed by atoms with Gasteiger partial charge in [-0.15, -0.1) is 5.10 Å². The van der Waals surface area contributed by atoms with Crippen molar-refractivity contribution < 1.29 is 0 Å². The molecule has 0 radical (unpaired) electrons. The molecule has 2 aromatic heterocycles. The highest BCUT2D eigenvalue weighted by Crippen LogP contribution is 2.17. The highest BCUT2D eigenvalue weighted by Gasteiger charge is 2.14. The zero-order chi connectivity index (χ0) is 12.8. The molecule has 0 saturated heterocycles. The van der Waals surface area contributed by atoms with Crippen LogP contribution in [0.2, 0.25) is 0 Å². The van der Waals surface area contributed by atoms with Crippen molar-refractivity contribution in [3.8, 4) is 0 Å². The van der Waals surface area contributed by atoms with Crippen molar-refractivity contribution in [1.82, 2.24) is 25.3 Å². The summed E-state index contributed by atoms with van der Waals surface area (Å²) in [6, 6.07) is 4.40. The van der Waals surface area contributed by atoms with E-state index in [0.717, 1.165) is 25.1 Å². The van der Waals surface area contributed by atoms with E-state index in [1.165, 1.54) is 5.56 Å². The second kappa shape index (κ2) is 6.26. The first-order valence-corrected chi connectivity index (χ1v) is 6.29. The van der Waals surface area contributed by atoms with Gasteiger partial charge in [0.15, 0.2) is 0 Å². The van der Waals surface area contributed by atoms with Crippen molar-refractivity contribution >= 4 is 0 Å². The van der Waals surface area contributed by atoms with E-state index in [0.29, 0.717) is 0 Å². The van der Waals surface area contributed by atoms with E-state index in [4.69, 9.17) is 0 Å². The highest BCUT2D eigenvalue weighted by atomic mass is 15.4. The topological polar surface area (TPSA) is 55.6 Å². The first-order valence-electron chi connectivity index (χ1n) is 6.29. The molecule has 0 saturated carbocycles. The molecule has 0 aliphatic heterocycles. The number of hydrogen-bond acceptors (Lipinski definition) is 4. The lowest BCUT2D eigenvalue weighted by Gasteiger charge is -2.16. The number of rotatable bonds is 6. The maximum Gasteiger partial charge on any atom is 0.0756 e. The van der Waals surface area contributed by atoms with Gasteiger partial charge in [0.2, 0.25) is 0 Å². The maximum atomic E-state index is 4.08. The smallest absolute Gasteiger partial charge is 0.0756 e. The molecule has 1 atom stereocenters. The summed E-state index contributed by atoms with van der Waals surface area (Å²) in [4.78, 5) is 4.03. The van der Waals surface area contributed by atoms with Crippen LogP contribution in [0.25, 0.3) is 0 Å². The fourth-order valence-electron chi connectivity index (χ4n) is 2.08. The van der Waals surface area contributed by atoms with Crippen LogP contribution in [0.15, 0.2) is 30.7 Å². The van der Waals surface area contributed by atoms with E-state index in [-0.39, 0.29) is 6.04 Å². The third-order valence-corrected chi connectivity index (χ3v) is 3.12. The van der Waals surface area contributed by atoms with Crippen molar-refractivity contribution in [2.75, 3.05) is 7.05 Å². The molecular weight excluding hydrogens is 226 g/mol. The average Bonchev–Trinajstić information content (AvgIpc) is 2.89. The molecule has 2 rings (SSSR count). The Labute approximate surface area is 107 Å². The Balaban J connectivity index is 2.02. The first-order chi connectivity index (χ1) is 8.85. The minimum atomic E-state index is 0.285. The fourth-order valence-corrected chi connectivity index (χ4v) is 2.08. The van der Waals surface area contributed by atoms with Crippen molar-refractivity contribution in [2.24, 2.45) is 0 Å². The van der Waals surface area contributed by atoms with Crippen LogP contribution in [0.1, 0.15) is 30.6 Å². The van der Waals surface area contributed by atoms with Crippen LogP contribution in [0.4, 0.5) is 0 Å². The van der Waals surface area contributed by atoms with Gasteiger partial charge < -0.3 is 5.32 Å². The van der Waals surface area contributed by atoms with Crippen LogP contribution >= 0.6 is 0 Å². The minimum absolute atomic E-state index is 0.285. The molecule has 0 aliphatic carbocycles. The number of aryl methyl sites for hydroxylation is 2. The molecule has 0 aliphatic rings. The summed E-state index contributed by atoms with van der Waals surface area (Å²) in [6.45, 7) is 2.93. The van der Waals surface area contributed by atoms with Gasteiger partial charge in [-0.25, -0.2) is 4.68 Å². The predicted molar refractivity (Wildman–Crippen MR) is 70.1 cm³/mol. The lowest BCUT2D eigenvalue weighted by molar-refractivity contribution is 0.485. The highest BCUT2D eigenvalue weighted by molar-refractivity contribution is 5.11. The summed E-state index contributed by atoms with van der Waals surface area (Å²) < 4.78 is 1.94. The lowest BCUT2D eigenvalue weighted by atomic mass is 10.0. The number of nitrogens with one attached hydrogen (secondary N) is 1. The molecule has 1 N–H and O–H groups in total. The summed E-state index contributed by atoms with van der Waals surface area (Å²) >= 11 is 0. The van der Waals surface area contributed by atoms with Gasteiger partial charge in [-0.1, -0.05) is 5.21 Å². The Kier molecular flexibility index (Phi) is 4.41. The third-order valence-electron chi connectivity index (χ3n) is 3.12. The monoisotopic (exact) mass is 245 g/mol. The summed E-state index contributed by atoms with van der Waals surface area (Å²) in [6.07, 6.45) is 7.55. The van der Waals surface area contributed by atoms with Crippen LogP contribution in [0.3, 0.4) is 0 Å². The number of pyridine rings is 1. The molecule has 2 heterocycles. The van der Waals surface area contributed by atoms with Gasteiger partial charge in [-0.05, 0) is 44.5 Å². The predicted octanol–water partition coefficient (Wildman–Crippen LogP) is 1.59. The Morgan fingerprint density at radius 1 is 1.33 bits per heavy atom. The zero-order valence-electron chi connectivity index (χ0n) is 10.9. The van der Waals surface area contributed by atoms with Crippen molar-refractivity contribution in [2.45, 2.75) is 32.4 Å².